The van der Waals surface area contributed by atoms with Crippen LogP contribution in [0.5, 0.6) is 0 Å². The highest BCUT2D eigenvalue weighted by Crippen LogP contribution is 2.42. The maximum atomic E-state index is 14.3. The van der Waals surface area contributed by atoms with Gasteiger partial charge in [-0.1, -0.05) is 77.8 Å². The van der Waals surface area contributed by atoms with Gasteiger partial charge in [0.1, 0.15) is 30.1 Å². The lowest BCUT2D eigenvalue weighted by Gasteiger charge is -2.34. The highest BCUT2D eigenvalue weighted by molar-refractivity contribution is 6.38. The molecule has 2 aromatic rings. The van der Waals surface area contributed by atoms with Crippen LogP contribution >= 0.6 is 0 Å². The molecule has 52 heavy (non-hydrogen) atoms. The van der Waals surface area contributed by atoms with E-state index in [1.807, 2.05) is 37.3 Å². The molecular formula is C38H51N7O7. The number of ketones is 1. The predicted molar refractivity (Wildman–Crippen MR) is 191 cm³/mol. The molecule has 14 heteroatoms. The van der Waals surface area contributed by atoms with Gasteiger partial charge in [0.05, 0.1) is 18.3 Å². The van der Waals surface area contributed by atoms with Crippen molar-refractivity contribution in [2.24, 2.45) is 23.7 Å². The third-order valence-electron chi connectivity index (χ3n) is 9.92. The SMILES string of the molecule is CCCC(NC(=O)[C@@H]1[C@H]2CCC[C@H]2CN1C(=O)[C@@H](NC(=O)[C@H](NC(=O)c1cnccn1)C(C)C)C(C)C)C(=O)C(=O)N[C@@H](C=O)Cc1ccccc1. The van der Waals surface area contributed by atoms with Crippen LogP contribution in [0.3, 0.4) is 0 Å². The second-order valence-corrected chi connectivity index (χ2v) is 14.4. The number of Topliss-reactive ketones (excluding diaryl/α,β-unsaturated/α-hetero) is 1. The quantitative estimate of drug-likeness (QED) is 0.139. The number of fused-ring (bicyclic) bond motifs is 1. The van der Waals surface area contributed by atoms with Crippen LogP contribution in [0.25, 0.3) is 0 Å². The van der Waals surface area contributed by atoms with Crippen molar-refractivity contribution in [2.45, 2.75) is 103 Å². The number of benzene rings is 1. The lowest BCUT2D eigenvalue weighted by molar-refractivity contribution is -0.145. The van der Waals surface area contributed by atoms with Crippen molar-refractivity contribution < 1.29 is 33.6 Å². The third-order valence-corrected chi connectivity index (χ3v) is 9.92. The van der Waals surface area contributed by atoms with E-state index < -0.39 is 65.5 Å². The number of nitrogens with one attached hydrogen (secondary N) is 4. The summed E-state index contributed by atoms with van der Waals surface area (Å²) in [7, 11) is 0. The molecule has 0 spiro atoms. The highest BCUT2D eigenvalue weighted by atomic mass is 16.2. The zero-order valence-electron chi connectivity index (χ0n) is 30.5. The van der Waals surface area contributed by atoms with E-state index >= 15 is 0 Å². The largest absolute Gasteiger partial charge is 0.344 e. The molecule has 1 aromatic carbocycles. The van der Waals surface area contributed by atoms with Crippen LogP contribution in [0.15, 0.2) is 48.9 Å². The molecule has 4 rings (SSSR count). The van der Waals surface area contributed by atoms with E-state index in [-0.39, 0.29) is 42.2 Å². The van der Waals surface area contributed by atoms with Gasteiger partial charge in [0.25, 0.3) is 11.8 Å². The number of nitrogens with zero attached hydrogens (tertiary/aromatic N) is 3. The van der Waals surface area contributed by atoms with Crippen molar-refractivity contribution in [1.82, 2.24) is 36.1 Å². The molecule has 7 atom stereocenters. The summed E-state index contributed by atoms with van der Waals surface area (Å²) in [5, 5.41) is 10.8. The number of carbonyl (C=O) groups excluding carboxylic acids is 7. The number of likely N-dealkylation sites (tertiary alicyclic amines) is 1. The molecule has 1 aliphatic heterocycles. The van der Waals surface area contributed by atoms with E-state index in [2.05, 4.69) is 31.2 Å². The second-order valence-electron chi connectivity index (χ2n) is 14.4. The van der Waals surface area contributed by atoms with E-state index in [0.29, 0.717) is 25.7 Å². The van der Waals surface area contributed by atoms with Crippen LogP contribution in [-0.2, 0) is 35.2 Å². The monoisotopic (exact) mass is 717 g/mol. The van der Waals surface area contributed by atoms with Crippen LogP contribution < -0.4 is 21.3 Å². The van der Waals surface area contributed by atoms with Gasteiger partial charge in [-0.05, 0) is 54.9 Å². The topological polar surface area (TPSA) is 197 Å². The molecule has 1 saturated carbocycles. The third kappa shape index (κ3) is 9.86. The Morgan fingerprint density at radius 3 is 2.23 bits per heavy atom. The maximum absolute atomic E-state index is 14.3. The van der Waals surface area contributed by atoms with Crippen molar-refractivity contribution in [3.8, 4) is 0 Å². The molecule has 1 saturated heterocycles. The Bertz CT molecular complexity index is 1590. The first-order valence-electron chi connectivity index (χ1n) is 18.2. The van der Waals surface area contributed by atoms with Gasteiger partial charge in [-0.2, -0.15) is 0 Å². The Morgan fingerprint density at radius 2 is 1.62 bits per heavy atom. The summed E-state index contributed by atoms with van der Waals surface area (Å²) < 4.78 is 0. The zero-order valence-corrected chi connectivity index (χ0v) is 30.5. The van der Waals surface area contributed by atoms with Crippen molar-refractivity contribution >= 4 is 41.6 Å². The van der Waals surface area contributed by atoms with E-state index in [1.165, 1.54) is 23.5 Å². The fourth-order valence-electron chi connectivity index (χ4n) is 7.18. The first-order chi connectivity index (χ1) is 24.9. The first-order valence-corrected chi connectivity index (χ1v) is 18.2. The molecule has 14 nitrogen and oxygen atoms in total. The van der Waals surface area contributed by atoms with Gasteiger partial charge in [0, 0.05) is 18.9 Å². The number of carbonyl (C=O) groups is 7. The second kappa shape index (κ2) is 18.5. The van der Waals surface area contributed by atoms with Crippen molar-refractivity contribution in [2.75, 3.05) is 6.54 Å². The summed E-state index contributed by atoms with van der Waals surface area (Å²) in [5.41, 5.74) is 0.855. The smallest absolute Gasteiger partial charge is 0.290 e. The number of hydrogen-bond donors (Lipinski definition) is 4. The molecule has 1 aliphatic carbocycles. The Kier molecular flexibility index (Phi) is 14.1. The minimum atomic E-state index is -1.16. The van der Waals surface area contributed by atoms with Crippen molar-refractivity contribution in [3.63, 3.8) is 0 Å². The molecule has 4 N–H and O–H groups in total. The van der Waals surface area contributed by atoms with Crippen molar-refractivity contribution in [1.29, 1.82) is 0 Å². The zero-order chi connectivity index (χ0) is 37.9. The standard InChI is InChI=1S/C38H51N7O7/c1-6-11-28(33(47)37(51)41-26(21-46)18-24-12-8-7-9-13-24)42-36(50)32-27-15-10-14-25(27)20-45(32)38(52)31(23(4)5)44-35(49)30(22(2)3)43-34(48)29-19-39-16-17-40-29/h7-9,12-13,16-17,19,21-23,25-28,30-32H,6,10-11,14-15,18,20H2,1-5H3,(H,41,51)(H,42,50)(H,43,48)(H,44,49)/t25-,26+,27-,28?,30+,31-,32-/m0/s1. The van der Waals surface area contributed by atoms with Gasteiger partial charge >= 0.3 is 0 Å². The molecule has 0 radical (unpaired) electrons. The summed E-state index contributed by atoms with van der Waals surface area (Å²) in [5.74, 6) is -4.76. The number of rotatable bonds is 17. The molecule has 5 amide bonds. The normalized spacial score (nSPS) is 20.3. The minimum absolute atomic E-state index is 0.0444. The molecular weight excluding hydrogens is 666 g/mol. The molecule has 280 valence electrons. The Labute approximate surface area is 304 Å². The van der Waals surface area contributed by atoms with E-state index in [9.17, 15) is 33.6 Å². The van der Waals surface area contributed by atoms with Gasteiger partial charge in [-0.3, -0.25) is 33.8 Å². The van der Waals surface area contributed by atoms with Crippen LogP contribution in [-0.4, -0.2) is 93.2 Å². The summed E-state index contributed by atoms with van der Waals surface area (Å²) in [4.78, 5) is 103. The Hall–Kier alpha value is -5.01. The summed E-state index contributed by atoms with van der Waals surface area (Å²) in [6, 6.07) is 4.07. The average Bonchev–Trinajstić information content (AvgIpc) is 3.74. The predicted octanol–water partition coefficient (Wildman–Crippen LogP) is 1.78. The van der Waals surface area contributed by atoms with Gasteiger partial charge in [-0.25, -0.2) is 4.98 Å². The van der Waals surface area contributed by atoms with Crippen LogP contribution in [0.2, 0.25) is 0 Å². The number of aromatic nitrogens is 2. The van der Waals surface area contributed by atoms with Crippen LogP contribution in [0.4, 0.5) is 0 Å². The molecule has 1 aromatic heterocycles. The summed E-state index contributed by atoms with van der Waals surface area (Å²) >= 11 is 0. The van der Waals surface area contributed by atoms with Gasteiger partial charge in [0.15, 0.2) is 0 Å². The molecule has 2 fully saturated rings. The van der Waals surface area contributed by atoms with Crippen LogP contribution in [0.1, 0.15) is 82.8 Å². The number of amides is 5. The lowest BCUT2D eigenvalue weighted by atomic mass is 9.92. The fraction of sp³-hybridized carbons (Fsp3) is 0.553. The number of hydrogen-bond acceptors (Lipinski definition) is 9. The fourth-order valence-corrected chi connectivity index (χ4v) is 7.18. The lowest BCUT2D eigenvalue weighted by Crippen LogP contribution is -2.60. The van der Waals surface area contributed by atoms with E-state index in [1.54, 1.807) is 27.7 Å². The van der Waals surface area contributed by atoms with Gasteiger partial charge in [-0.15, -0.1) is 0 Å². The van der Waals surface area contributed by atoms with Gasteiger partial charge < -0.3 is 31.0 Å². The van der Waals surface area contributed by atoms with Gasteiger partial charge in [0.2, 0.25) is 23.5 Å². The van der Waals surface area contributed by atoms with Crippen molar-refractivity contribution in [3.05, 3.63) is 60.2 Å². The first kappa shape index (κ1) is 39.8. The highest BCUT2D eigenvalue weighted by Gasteiger charge is 2.51. The Morgan fingerprint density at radius 1 is 0.904 bits per heavy atom. The molecule has 2 heterocycles. The minimum Gasteiger partial charge on any atom is -0.344 e. The summed E-state index contributed by atoms with van der Waals surface area (Å²) in [6.45, 7) is 9.25. The molecule has 1 unspecified atom stereocenters. The molecule has 2 aliphatic rings. The molecule has 0 bridgehead atoms. The van der Waals surface area contributed by atoms with E-state index in [4.69, 9.17) is 0 Å². The number of aldehydes is 1. The Balaban J connectivity index is 1.49. The van der Waals surface area contributed by atoms with E-state index in [0.717, 1.165) is 18.4 Å². The maximum Gasteiger partial charge on any atom is 0.290 e. The average molecular weight is 718 g/mol. The van der Waals surface area contributed by atoms with Crippen LogP contribution in [0, 0.1) is 23.7 Å². The summed E-state index contributed by atoms with van der Waals surface area (Å²) in [6.07, 6.45) is 7.96.